The number of thiol groups is 1. The summed E-state index contributed by atoms with van der Waals surface area (Å²) in [5.41, 5.74) is 0. The van der Waals surface area contributed by atoms with Crippen LogP contribution in [0.5, 0.6) is 0 Å². The summed E-state index contributed by atoms with van der Waals surface area (Å²) in [5, 5.41) is 5.55. The van der Waals surface area contributed by atoms with Gasteiger partial charge in [-0.3, -0.25) is 14.3 Å². The van der Waals surface area contributed by atoms with E-state index in [0.717, 1.165) is 6.29 Å². The Hall–Kier alpha value is -1.08. The summed E-state index contributed by atoms with van der Waals surface area (Å²) in [6, 6.07) is -1.67. The van der Waals surface area contributed by atoms with Gasteiger partial charge in [0.25, 0.3) is 0 Å². The molecule has 7 heteroatoms. The van der Waals surface area contributed by atoms with Crippen LogP contribution in [0.1, 0.15) is 60.8 Å². The van der Waals surface area contributed by atoms with E-state index in [0.29, 0.717) is 25.2 Å². The second-order valence-electron chi connectivity index (χ2n) is 7.88. The Bertz CT molecular complexity index is 428. The Morgan fingerprint density at radius 2 is 1.24 bits per heavy atom. The van der Waals surface area contributed by atoms with E-state index in [4.69, 9.17) is 0 Å². The van der Waals surface area contributed by atoms with Crippen LogP contribution < -0.4 is 15.4 Å². The van der Waals surface area contributed by atoms with Crippen molar-refractivity contribution >= 4 is 30.9 Å². The third-order valence-electron chi connectivity index (χ3n) is 3.74. The maximum absolute atomic E-state index is 12.6. The number of amides is 2. The van der Waals surface area contributed by atoms with Gasteiger partial charge in [-0.1, -0.05) is 54.4 Å². The smallest absolute Gasteiger partial charge is 0.243 e. The van der Waals surface area contributed by atoms with Gasteiger partial charge in [-0.15, -0.1) is 0 Å². The lowest BCUT2D eigenvalue weighted by Crippen LogP contribution is -2.54. The molecule has 0 aromatic rings. The highest BCUT2D eigenvalue weighted by atomic mass is 32.1. The zero-order valence-corrected chi connectivity index (χ0v) is 17.2. The molecule has 0 rings (SSSR count). The van der Waals surface area contributed by atoms with Gasteiger partial charge < -0.3 is 15.4 Å². The van der Waals surface area contributed by atoms with Crippen molar-refractivity contribution in [3.63, 3.8) is 0 Å². The van der Waals surface area contributed by atoms with Crippen LogP contribution in [0.2, 0.25) is 0 Å². The Balaban J connectivity index is 5.00. The molecule has 0 aromatic carbocycles. The first-order chi connectivity index (χ1) is 11.6. The van der Waals surface area contributed by atoms with Crippen molar-refractivity contribution in [2.24, 2.45) is 17.8 Å². The maximum Gasteiger partial charge on any atom is 0.243 e. The zero-order chi connectivity index (χ0) is 19.6. The highest BCUT2D eigenvalue weighted by molar-refractivity contribution is 7.78. The molecule has 146 valence electrons. The topological polar surface area (TPSA) is 87.3 Å². The van der Waals surface area contributed by atoms with E-state index in [2.05, 4.69) is 28.2 Å². The second-order valence-corrected chi connectivity index (χ2v) is 8.14. The Morgan fingerprint density at radius 1 is 0.800 bits per heavy atom. The van der Waals surface area contributed by atoms with Crippen molar-refractivity contribution in [3.05, 3.63) is 0 Å². The predicted molar refractivity (Wildman–Crippen MR) is 104 cm³/mol. The van der Waals surface area contributed by atoms with Gasteiger partial charge in [-0.2, -0.15) is 0 Å². The third kappa shape index (κ3) is 10.5. The lowest BCUT2D eigenvalue weighted by atomic mass is 9.99. The normalized spacial score (nSPS) is 15.1. The third-order valence-corrected chi connectivity index (χ3v) is 4.05. The molecule has 0 bridgehead atoms. The minimum atomic E-state index is -0.668. The van der Waals surface area contributed by atoms with Crippen molar-refractivity contribution in [2.75, 3.05) is 0 Å². The lowest BCUT2D eigenvalue weighted by Gasteiger charge is -2.25. The summed E-state index contributed by atoms with van der Waals surface area (Å²) in [5.74, 6) is 0.261. The van der Waals surface area contributed by atoms with Crippen LogP contribution in [0.25, 0.3) is 0 Å². The summed E-state index contributed by atoms with van der Waals surface area (Å²) >= 11 is 4.02. The number of carbonyl (C=O) groups is 3. The molecule has 3 atom stereocenters. The average molecular weight is 374 g/mol. The first kappa shape index (κ1) is 23.9. The second kappa shape index (κ2) is 12.3. The summed E-state index contributed by atoms with van der Waals surface area (Å²) < 4.78 is 2.70. The number of hydrogen-bond acceptors (Lipinski definition) is 5. The van der Waals surface area contributed by atoms with Crippen LogP contribution in [0, 0.1) is 17.8 Å². The van der Waals surface area contributed by atoms with Gasteiger partial charge in [-0.25, -0.2) is 0 Å². The van der Waals surface area contributed by atoms with Gasteiger partial charge >= 0.3 is 0 Å². The molecule has 0 heterocycles. The number of hydrogen-bond donors (Lipinski definition) is 4. The van der Waals surface area contributed by atoms with E-state index >= 15 is 0 Å². The minimum absolute atomic E-state index is 0.225. The van der Waals surface area contributed by atoms with Crippen molar-refractivity contribution in [2.45, 2.75) is 78.9 Å². The van der Waals surface area contributed by atoms with Crippen LogP contribution in [-0.2, 0) is 14.4 Å². The van der Waals surface area contributed by atoms with Gasteiger partial charge in [0.2, 0.25) is 11.8 Å². The quantitative estimate of drug-likeness (QED) is 0.312. The highest BCUT2D eigenvalue weighted by Crippen LogP contribution is 2.10. The van der Waals surface area contributed by atoms with E-state index in [9.17, 15) is 14.4 Å². The van der Waals surface area contributed by atoms with Crippen molar-refractivity contribution in [1.29, 1.82) is 0 Å². The molecule has 0 fully saturated rings. The molecule has 0 aliphatic rings. The first-order valence-corrected chi connectivity index (χ1v) is 9.51. The average Bonchev–Trinajstić information content (AvgIpc) is 2.49. The molecule has 0 saturated heterocycles. The number of rotatable bonds is 12. The Morgan fingerprint density at radius 3 is 1.64 bits per heavy atom. The standard InChI is InChI=1S/C18H35N3O3S/c1-11(2)7-14(10-22)19-17(23)15(8-12(3)4)20-18(24)16(21-25)9-13(5)6/h10-16,21,25H,7-9H2,1-6H3,(H,19,23)(H,20,24)/t14?,15-,16-/m0/s1. The molecule has 0 aliphatic carbocycles. The zero-order valence-electron chi connectivity index (χ0n) is 16.3. The number of carbonyl (C=O) groups excluding carboxylic acids is 3. The number of aldehydes is 1. The van der Waals surface area contributed by atoms with Crippen molar-refractivity contribution in [1.82, 2.24) is 15.4 Å². The molecule has 0 aromatic heterocycles. The van der Waals surface area contributed by atoms with E-state index < -0.39 is 18.1 Å². The highest BCUT2D eigenvalue weighted by Gasteiger charge is 2.27. The molecule has 6 nitrogen and oxygen atoms in total. The van der Waals surface area contributed by atoms with Gasteiger partial charge in [0.15, 0.2) is 0 Å². The van der Waals surface area contributed by atoms with Crippen LogP contribution in [-0.4, -0.2) is 36.2 Å². The molecule has 1 unspecified atom stereocenters. The molecular weight excluding hydrogens is 338 g/mol. The van der Waals surface area contributed by atoms with E-state index in [-0.39, 0.29) is 23.7 Å². The molecule has 25 heavy (non-hydrogen) atoms. The molecular formula is C18H35N3O3S. The molecule has 3 N–H and O–H groups in total. The molecule has 0 radical (unpaired) electrons. The predicted octanol–water partition coefficient (Wildman–Crippen LogP) is 2.10. The molecule has 0 aliphatic heterocycles. The van der Waals surface area contributed by atoms with Crippen molar-refractivity contribution < 1.29 is 14.4 Å². The maximum atomic E-state index is 12.6. The monoisotopic (exact) mass is 373 g/mol. The molecule has 0 spiro atoms. The van der Waals surface area contributed by atoms with Gasteiger partial charge in [-0.05, 0) is 37.0 Å². The fourth-order valence-electron chi connectivity index (χ4n) is 2.60. The largest absolute Gasteiger partial charge is 0.345 e. The fraction of sp³-hybridized carbons (Fsp3) is 0.833. The Labute approximate surface area is 157 Å². The van der Waals surface area contributed by atoms with Crippen LogP contribution in [0.15, 0.2) is 0 Å². The summed E-state index contributed by atoms with van der Waals surface area (Å²) in [4.78, 5) is 36.2. The Kier molecular flexibility index (Phi) is 11.8. The van der Waals surface area contributed by atoms with E-state index in [1.54, 1.807) is 0 Å². The summed E-state index contributed by atoms with van der Waals surface area (Å²) in [7, 11) is 0. The summed E-state index contributed by atoms with van der Waals surface area (Å²) in [6.45, 7) is 12.0. The molecule has 0 saturated carbocycles. The lowest BCUT2D eigenvalue weighted by molar-refractivity contribution is -0.131. The molecule has 2 amide bonds. The van der Waals surface area contributed by atoms with Gasteiger partial charge in [0.1, 0.15) is 12.3 Å². The van der Waals surface area contributed by atoms with Crippen LogP contribution in [0.3, 0.4) is 0 Å². The van der Waals surface area contributed by atoms with Crippen molar-refractivity contribution in [3.8, 4) is 0 Å². The van der Waals surface area contributed by atoms with Crippen LogP contribution >= 0.6 is 12.8 Å². The van der Waals surface area contributed by atoms with Gasteiger partial charge in [0.05, 0.1) is 12.1 Å². The van der Waals surface area contributed by atoms with E-state index in [1.165, 1.54) is 0 Å². The van der Waals surface area contributed by atoms with E-state index in [1.807, 2.05) is 41.5 Å². The number of nitrogens with one attached hydrogen (secondary N) is 3. The summed E-state index contributed by atoms with van der Waals surface area (Å²) in [6.07, 6.45) is 2.45. The van der Waals surface area contributed by atoms with Gasteiger partial charge in [0, 0.05) is 0 Å². The minimum Gasteiger partial charge on any atom is -0.345 e. The SMILES string of the molecule is CC(C)CC(C=O)NC(=O)[C@H](CC(C)C)NC(=O)[C@H](CC(C)C)NS. The first-order valence-electron chi connectivity index (χ1n) is 9.06. The fourth-order valence-corrected chi connectivity index (χ4v) is 2.83. The van der Waals surface area contributed by atoms with Crippen LogP contribution in [0.4, 0.5) is 0 Å².